The number of rotatable bonds is 4. The Morgan fingerprint density at radius 1 is 1.12 bits per heavy atom. The zero-order chi connectivity index (χ0) is 17.2. The Labute approximate surface area is 148 Å². The molecule has 1 atom stereocenters. The Bertz CT molecular complexity index is 989. The number of nitrogens with zero attached hydrogens (tertiary/aromatic N) is 2. The first kappa shape index (κ1) is 15.5. The quantitative estimate of drug-likeness (QED) is 0.581. The fraction of sp³-hybridized carbons (Fsp3) is 0.105. The van der Waals surface area contributed by atoms with Crippen LogP contribution >= 0.6 is 11.3 Å². The molecule has 0 saturated heterocycles. The SMILES string of the molecule is C[C@@H](NC(=O)c1cnc(-c2ccccc2)s1)c1nc2ccccc2[nH]1. The molecule has 1 amide bonds. The lowest BCUT2D eigenvalue weighted by molar-refractivity contribution is 0.0942. The number of para-hydroxylation sites is 2. The highest BCUT2D eigenvalue weighted by Crippen LogP contribution is 2.25. The van der Waals surface area contributed by atoms with Crippen molar-refractivity contribution in [2.45, 2.75) is 13.0 Å². The van der Waals surface area contributed by atoms with Crippen LogP contribution < -0.4 is 5.32 Å². The summed E-state index contributed by atoms with van der Waals surface area (Å²) in [5.74, 6) is 0.593. The Kier molecular flexibility index (Phi) is 4.03. The van der Waals surface area contributed by atoms with Gasteiger partial charge in [-0.2, -0.15) is 0 Å². The van der Waals surface area contributed by atoms with Gasteiger partial charge in [-0.15, -0.1) is 11.3 Å². The van der Waals surface area contributed by atoms with Gasteiger partial charge in [0.2, 0.25) is 0 Å². The normalized spacial score (nSPS) is 12.2. The number of imidazole rings is 1. The van der Waals surface area contributed by atoms with Crippen molar-refractivity contribution in [3.05, 3.63) is 71.5 Å². The van der Waals surface area contributed by atoms with Gasteiger partial charge in [-0.1, -0.05) is 42.5 Å². The van der Waals surface area contributed by atoms with Crippen molar-refractivity contribution >= 4 is 28.3 Å². The Hall–Kier alpha value is -2.99. The van der Waals surface area contributed by atoms with Crippen LogP contribution in [0.15, 0.2) is 60.8 Å². The van der Waals surface area contributed by atoms with Crippen LogP contribution in [-0.2, 0) is 0 Å². The first-order valence-electron chi connectivity index (χ1n) is 7.97. The number of benzene rings is 2. The van der Waals surface area contributed by atoms with E-state index in [2.05, 4.69) is 20.3 Å². The standard InChI is InChI=1S/C19H16N4OS/c1-12(17-22-14-9-5-6-10-15(14)23-17)21-18(24)16-11-20-19(25-16)13-7-3-2-4-8-13/h2-12H,1H3,(H,21,24)(H,22,23)/t12-/m1/s1. The minimum atomic E-state index is -0.220. The molecule has 2 N–H and O–H groups in total. The number of carbonyl (C=O) groups is 1. The summed E-state index contributed by atoms with van der Waals surface area (Å²) in [6.07, 6.45) is 1.62. The van der Waals surface area contributed by atoms with E-state index in [0.717, 1.165) is 27.4 Å². The summed E-state index contributed by atoms with van der Waals surface area (Å²) in [5, 5.41) is 3.81. The maximum atomic E-state index is 12.5. The molecule has 0 saturated carbocycles. The summed E-state index contributed by atoms with van der Waals surface area (Å²) in [6.45, 7) is 1.91. The molecule has 0 aliphatic rings. The molecule has 4 rings (SSSR count). The molecular weight excluding hydrogens is 332 g/mol. The monoisotopic (exact) mass is 348 g/mol. The summed E-state index contributed by atoms with van der Waals surface area (Å²) in [7, 11) is 0. The molecule has 4 aromatic rings. The fourth-order valence-corrected chi connectivity index (χ4v) is 3.43. The van der Waals surface area contributed by atoms with Gasteiger partial charge in [-0.3, -0.25) is 4.79 Å². The molecule has 5 nitrogen and oxygen atoms in total. The van der Waals surface area contributed by atoms with Crippen molar-refractivity contribution in [1.29, 1.82) is 0 Å². The largest absolute Gasteiger partial charge is 0.342 e. The van der Waals surface area contributed by atoms with E-state index in [4.69, 9.17) is 0 Å². The number of nitrogens with one attached hydrogen (secondary N) is 2. The first-order valence-corrected chi connectivity index (χ1v) is 8.79. The molecule has 0 aliphatic heterocycles. The number of fused-ring (bicyclic) bond motifs is 1. The number of aromatic nitrogens is 3. The van der Waals surface area contributed by atoms with Crippen LogP contribution in [-0.4, -0.2) is 20.9 Å². The second-order valence-corrected chi connectivity index (χ2v) is 6.76. The van der Waals surface area contributed by atoms with E-state index >= 15 is 0 Å². The van der Waals surface area contributed by atoms with Gasteiger partial charge in [-0.25, -0.2) is 9.97 Å². The summed E-state index contributed by atoms with van der Waals surface area (Å²) in [4.78, 5) is 25.2. The summed E-state index contributed by atoms with van der Waals surface area (Å²) in [6, 6.07) is 17.4. The third kappa shape index (κ3) is 3.16. The summed E-state index contributed by atoms with van der Waals surface area (Å²) in [5.41, 5.74) is 2.86. The zero-order valence-electron chi connectivity index (χ0n) is 13.6. The van der Waals surface area contributed by atoms with Gasteiger partial charge in [0.15, 0.2) is 0 Å². The minimum Gasteiger partial charge on any atom is -0.342 e. The van der Waals surface area contributed by atoms with Gasteiger partial charge in [0.1, 0.15) is 15.7 Å². The van der Waals surface area contributed by atoms with Crippen LogP contribution in [0.2, 0.25) is 0 Å². The predicted molar refractivity (Wildman–Crippen MR) is 99.5 cm³/mol. The lowest BCUT2D eigenvalue weighted by atomic mass is 10.2. The summed E-state index contributed by atoms with van der Waals surface area (Å²) >= 11 is 1.38. The molecule has 2 aromatic carbocycles. The maximum Gasteiger partial charge on any atom is 0.263 e. The molecule has 25 heavy (non-hydrogen) atoms. The van der Waals surface area contributed by atoms with Crippen molar-refractivity contribution in [2.75, 3.05) is 0 Å². The second kappa shape index (κ2) is 6.49. The molecule has 0 radical (unpaired) electrons. The van der Waals surface area contributed by atoms with E-state index in [1.165, 1.54) is 11.3 Å². The Balaban J connectivity index is 1.51. The van der Waals surface area contributed by atoms with Crippen molar-refractivity contribution < 1.29 is 4.79 Å². The number of H-pyrrole nitrogens is 1. The highest BCUT2D eigenvalue weighted by Gasteiger charge is 2.17. The van der Waals surface area contributed by atoms with Crippen molar-refractivity contribution in [3.8, 4) is 10.6 Å². The average Bonchev–Trinajstić information content (AvgIpc) is 3.29. The molecule has 0 unspecified atom stereocenters. The topological polar surface area (TPSA) is 70.7 Å². The molecule has 2 heterocycles. The lowest BCUT2D eigenvalue weighted by Crippen LogP contribution is -2.26. The van der Waals surface area contributed by atoms with Crippen LogP contribution in [0, 0.1) is 0 Å². The van der Waals surface area contributed by atoms with E-state index in [9.17, 15) is 4.79 Å². The fourth-order valence-electron chi connectivity index (χ4n) is 2.61. The molecule has 0 fully saturated rings. The van der Waals surface area contributed by atoms with Crippen molar-refractivity contribution in [1.82, 2.24) is 20.3 Å². The maximum absolute atomic E-state index is 12.5. The van der Waals surface area contributed by atoms with E-state index < -0.39 is 0 Å². The van der Waals surface area contributed by atoms with Gasteiger partial charge in [-0.05, 0) is 19.1 Å². The van der Waals surface area contributed by atoms with Gasteiger partial charge >= 0.3 is 0 Å². The number of hydrogen-bond acceptors (Lipinski definition) is 4. The van der Waals surface area contributed by atoms with Gasteiger partial charge < -0.3 is 10.3 Å². The average molecular weight is 348 g/mol. The highest BCUT2D eigenvalue weighted by molar-refractivity contribution is 7.16. The molecular formula is C19H16N4OS. The number of thiazole rings is 1. The number of hydrogen-bond donors (Lipinski definition) is 2. The zero-order valence-corrected chi connectivity index (χ0v) is 14.4. The molecule has 0 aliphatic carbocycles. The number of carbonyl (C=O) groups excluding carboxylic acids is 1. The van der Waals surface area contributed by atoms with E-state index in [1.807, 2.05) is 61.5 Å². The second-order valence-electron chi connectivity index (χ2n) is 5.73. The Morgan fingerprint density at radius 3 is 2.68 bits per heavy atom. The van der Waals surface area contributed by atoms with Gasteiger partial charge in [0.05, 0.1) is 23.3 Å². The van der Waals surface area contributed by atoms with Gasteiger partial charge in [0, 0.05) is 5.56 Å². The number of aromatic amines is 1. The Morgan fingerprint density at radius 2 is 1.88 bits per heavy atom. The van der Waals surface area contributed by atoms with Crippen molar-refractivity contribution in [3.63, 3.8) is 0 Å². The summed E-state index contributed by atoms with van der Waals surface area (Å²) < 4.78 is 0. The van der Waals surface area contributed by atoms with Crippen LogP contribution in [0.5, 0.6) is 0 Å². The predicted octanol–water partition coefficient (Wildman–Crippen LogP) is 4.18. The lowest BCUT2D eigenvalue weighted by Gasteiger charge is -2.09. The van der Waals surface area contributed by atoms with E-state index in [1.54, 1.807) is 6.20 Å². The van der Waals surface area contributed by atoms with Crippen LogP contribution in [0.1, 0.15) is 28.5 Å². The smallest absolute Gasteiger partial charge is 0.263 e. The molecule has 6 heteroatoms. The minimum absolute atomic E-state index is 0.146. The van der Waals surface area contributed by atoms with Crippen molar-refractivity contribution in [2.24, 2.45) is 0 Å². The molecule has 124 valence electrons. The van der Waals surface area contributed by atoms with Crippen LogP contribution in [0.25, 0.3) is 21.6 Å². The van der Waals surface area contributed by atoms with Crippen LogP contribution in [0.4, 0.5) is 0 Å². The van der Waals surface area contributed by atoms with Crippen LogP contribution in [0.3, 0.4) is 0 Å². The molecule has 0 bridgehead atoms. The number of amides is 1. The third-order valence-corrected chi connectivity index (χ3v) is 4.96. The highest BCUT2D eigenvalue weighted by atomic mass is 32.1. The van der Waals surface area contributed by atoms with E-state index in [0.29, 0.717) is 4.88 Å². The molecule has 0 spiro atoms. The molecule has 2 aromatic heterocycles. The van der Waals surface area contributed by atoms with E-state index in [-0.39, 0.29) is 11.9 Å². The third-order valence-electron chi connectivity index (χ3n) is 3.92. The first-order chi connectivity index (χ1) is 12.2. The van der Waals surface area contributed by atoms with Gasteiger partial charge in [0.25, 0.3) is 5.91 Å².